The minimum Gasteiger partial charge on any atom is -0.459 e. The minimum absolute atomic E-state index is 0.166. The summed E-state index contributed by atoms with van der Waals surface area (Å²) in [7, 11) is 0. The van der Waals surface area contributed by atoms with E-state index < -0.39 is 29.8 Å². The number of amides is 2. The number of halogens is 3. The fraction of sp³-hybridized carbons (Fsp3) is 0.412. The molecule has 2 N–H and O–H groups in total. The van der Waals surface area contributed by atoms with Crippen LogP contribution in [0.1, 0.15) is 44.4 Å². The number of esters is 1. The number of rotatable bonds is 4. The predicted octanol–water partition coefficient (Wildman–Crippen LogP) is 3.68. The summed E-state index contributed by atoms with van der Waals surface area (Å²) in [5.74, 6) is -0.621. The SMILES string of the molecule is CCC(C)OC(=O)C1=C(C)NC(=O)NC1c1ccc(C(F)(F)F)cc1. The van der Waals surface area contributed by atoms with Gasteiger partial charge >= 0.3 is 18.2 Å². The van der Waals surface area contributed by atoms with Crippen molar-refractivity contribution in [3.05, 3.63) is 46.7 Å². The van der Waals surface area contributed by atoms with Crippen LogP contribution in [0.3, 0.4) is 0 Å². The van der Waals surface area contributed by atoms with Gasteiger partial charge in [0, 0.05) is 5.70 Å². The normalized spacial score (nSPS) is 19.1. The van der Waals surface area contributed by atoms with Gasteiger partial charge in [-0.3, -0.25) is 0 Å². The largest absolute Gasteiger partial charge is 0.459 e. The molecule has 2 rings (SSSR count). The van der Waals surface area contributed by atoms with Gasteiger partial charge in [0.05, 0.1) is 23.3 Å². The van der Waals surface area contributed by atoms with Crippen molar-refractivity contribution in [2.45, 2.75) is 45.5 Å². The third-order valence-electron chi connectivity index (χ3n) is 3.94. The van der Waals surface area contributed by atoms with Crippen molar-refractivity contribution in [2.75, 3.05) is 0 Å². The van der Waals surface area contributed by atoms with Crippen molar-refractivity contribution in [1.29, 1.82) is 0 Å². The molecule has 0 aromatic heterocycles. The quantitative estimate of drug-likeness (QED) is 0.809. The van der Waals surface area contributed by atoms with Crippen LogP contribution < -0.4 is 10.6 Å². The molecule has 1 aromatic rings. The number of hydrogen-bond donors (Lipinski definition) is 2. The Hall–Kier alpha value is -2.51. The van der Waals surface area contributed by atoms with Gasteiger partial charge in [0.1, 0.15) is 0 Å². The second-order valence-corrected chi connectivity index (χ2v) is 5.81. The van der Waals surface area contributed by atoms with Crippen molar-refractivity contribution in [3.63, 3.8) is 0 Å². The average Bonchev–Trinajstić information content (AvgIpc) is 2.53. The maximum Gasteiger partial charge on any atom is 0.416 e. The van der Waals surface area contributed by atoms with E-state index in [1.54, 1.807) is 13.8 Å². The Morgan fingerprint density at radius 2 is 1.88 bits per heavy atom. The zero-order valence-corrected chi connectivity index (χ0v) is 14.0. The number of benzene rings is 1. The van der Waals surface area contributed by atoms with Gasteiger partial charge in [-0.1, -0.05) is 19.1 Å². The van der Waals surface area contributed by atoms with Gasteiger partial charge < -0.3 is 15.4 Å². The third-order valence-corrected chi connectivity index (χ3v) is 3.94. The first kappa shape index (κ1) is 18.8. The number of alkyl halides is 3. The standard InChI is InChI=1S/C17H19F3N2O3/c1-4-9(2)25-15(23)13-10(3)21-16(24)22-14(13)11-5-7-12(8-6-11)17(18,19)20/h5-9,14H,4H2,1-3H3,(H2,21,22,24). The Kier molecular flexibility index (Phi) is 5.39. The van der Waals surface area contributed by atoms with E-state index in [9.17, 15) is 22.8 Å². The first-order chi connectivity index (χ1) is 11.6. The highest BCUT2D eigenvalue weighted by Gasteiger charge is 2.34. The Morgan fingerprint density at radius 1 is 1.28 bits per heavy atom. The number of urea groups is 1. The van der Waals surface area contributed by atoms with E-state index in [0.717, 1.165) is 12.1 Å². The van der Waals surface area contributed by atoms with Gasteiger partial charge in [-0.25, -0.2) is 9.59 Å². The summed E-state index contributed by atoms with van der Waals surface area (Å²) in [6.07, 6.45) is -4.17. The lowest BCUT2D eigenvalue weighted by molar-refractivity contribution is -0.144. The van der Waals surface area contributed by atoms with Crippen LogP contribution in [-0.4, -0.2) is 18.1 Å². The lowest BCUT2D eigenvalue weighted by Crippen LogP contribution is -2.45. The number of nitrogens with one attached hydrogen (secondary N) is 2. The highest BCUT2D eigenvalue weighted by Crippen LogP contribution is 2.32. The van der Waals surface area contributed by atoms with Crippen molar-refractivity contribution in [3.8, 4) is 0 Å². The van der Waals surface area contributed by atoms with Gasteiger partial charge in [0.15, 0.2) is 0 Å². The molecule has 0 saturated carbocycles. The summed E-state index contributed by atoms with van der Waals surface area (Å²) in [5, 5.41) is 5.04. The van der Waals surface area contributed by atoms with E-state index in [4.69, 9.17) is 4.74 Å². The zero-order valence-electron chi connectivity index (χ0n) is 14.0. The molecular weight excluding hydrogens is 337 g/mol. The van der Waals surface area contributed by atoms with E-state index in [1.807, 2.05) is 6.92 Å². The van der Waals surface area contributed by atoms with Gasteiger partial charge in [0.2, 0.25) is 0 Å². The Labute approximate surface area is 143 Å². The average molecular weight is 356 g/mol. The van der Waals surface area contributed by atoms with Crippen molar-refractivity contribution < 1.29 is 27.5 Å². The van der Waals surface area contributed by atoms with E-state index in [-0.39, 0.29) is 11.7 Å². The molecule has 2 amide bonds. The number of hydrogen-bond acceptors (Lipinski definition) is 3. The van der Waals surface area contributed by atoms with Crippen LogP contribution in [0.25, 0.3) is 0 Å². The summed E-state index contributed by atoms with van der Waals surface area (Å²) >= 11 is 0. The summed E-state index contributed by atoms with van der Waals surface area (Å²) in [4.78, 5) is 24.2. The molecule has 0 fully saturated rings. The smallest absolute Gasteiger partial charge is 0.416 e. The van der Waals surface area contributed by atoms with Crippen LogP contribution in [0, 0.1) is 0 Å². The van der Waals surface area contributed by atoms with Crippen LogP contribution in [0.2, 0.25) is 0 Å². The molecule has 1 aliphatic rings. The molecular formula is C17H19F3N2O3. The molecule has 0 radical (unpaired) electrons. The summed E-state index contributed by atoms with van der Waals surface area (Å²) in [6.45, 7) is 5.13. The molecule has 5 nitrogen and oxygen atoms in total. The monoisotopic (exact) mass is 356 g/mol. The van der Waals surface area contributed by atoms with Crippen LogP contribution in [0.15, 0.2) is 35.5 Å². The molecule has 0 saturated heterocycles. The van der Waals surface area contributed by atoms with Crippen molar-refractivity contribution >= 4 is 12.0 Å². The lowest BCUT2D eigenvalue weighted by Gasteiger charge is -2.29. The number of carbonyl (C=O) groups is 2. The van der Waals surface area contributed by atoms with E-state index in [0.29, 0.717) is 17.7 Å². The highest BCUT2D eigenvalue weighted by molar-refractivity contribution is 5.95. The molecule has 25 heavy (non-hydrogen) atoms. The van der Waals surface area contributed by atoms with E-state index >= 15 is 0 Å². The molecule has 1 heterocycles. The number of carbonyl (C=O) groups excluding carboxylic acids is 2. The summed E-state index contributed by atoms with van der Waals surface area (Å²) in [5.41, 5.74) is 0.0286. The fourth-order valence-electron chi connectivity index (χ4n) is 2.41. The molecule has 136 valence electrons. The van der Waals surface area contributed by atoms with Crippen LogP contribution in [-0.2, 0) is 15.7 Å². The topological polar surface area (TPSA) is 67.4 Å². The molecule has 8 heteroatoms. The van der Waals surface area contributed by atoms with Gasteiger partial charge in [-0.15, -0.1) is 0 Å². The molecule has 2 atom stereocenters. The molecule has 1 aliphatic heterocycles. The minimum atomic E-state index is -4.46. The maximum atomic E-state index is 12.7. The summed E-state index contributed by atoms with van der Waals surface area (Å²) in [6, 6.07) is 2.88. The lowest BCUT2D eigenvalue weighted by atomic mass is 9.94. The van der Waals surface area contributed by atoms with Gasteiger partial charge in [0.25, 0.3) is 0 Å². The second kappa shape index (κ2) is 7.16. The zero-order chi connectivity index (χ0) is 18.8. The van der Waals surface area contributed by atoms with Gasteiger partial charge in [-0.2, -0.15) is 13.2 Å². The third kappa shape index (κ3) is 4.32. The van der Waals surface area contributed by atoms with Crippen LogP contribution in [0.4, 0.5) is 18.0 Å². The maximum absolute atomic E-state index is 12.7. The van der Waals surface area contributed by atoms with E-state index in [1.165, 1.54) is 12.1 Å². The van der Waals surface area contributed by atoms with Gasteiger partial charge in [-0.05, 0) is 38.0 Å². The molecule has 1 aromatic carbocycles. The second-order valence-electron chi connectivity index (χ2n) is 5.81. The van der Waals surface area contributed by atoms with E-state index in [2.05, 4.69) is 10.6 Å². The molecule has 2 unspecified atom stereocenters. The van der Waals surface area contributed by atoms with Crippen molar-refractivity contribution in [1.82, 2.24) is 10.6 Å². The van der Waals surface area contributed by atoms with Crippen LogP contribution >= 0.6 is 0 Å². The first-order valence-electron chi connectivity index (χ1n) is 7.80. The fourth-order valence-corrected chi connectivity index (χ4v) is 2.41. The Balaban J connectivity index is 2.37. The predicted molar refractivity (Wildman–Crippen MR) is 84.4 cm³/mol. The Morgan fingerprint density at radius 3 is 2.40 bits per heavy atom. The summed E-state index contributed by atoms with van der Waals surface area (Å²) < 4.78 is 43.4. The van der Waals surface area contributed by atoms with Crippen molar-refractivity contribution in [2.24, 2.45) is 0 Å². The molecule has 0 spiro atoms. The number of allylic oxidation sites excluding steroid dienone is 1. The Bertz CT molecular complexity index is 696. The molecule has 0 bridgehead atoms. The first-order valence-corrected chi connectivity index (χ1v) is 7.80. The highest BCUT2D eigenvalue weighted by atomic mass is 19.4. The molecule has 0 aliphatic carbocycles. The number of ether oxygens (including phenoxy) is 1. The van der Waals surface area contributed by atoms with Crippen LogP contribution in [0.5, 0.6) is 0 Å².